The van der Waals surface area contributed by atoms with Gasteiger partial charge in [-0.1, -0.05) is 54.6 Å². The molecule has 4 heteroatoms. The number of nitrogens with one attached hydrogen (secondary N) is 1. The standard InChI is InChI=1S/C18H18FNO2/c19-16-11-4-5-12-17(16)22-14-18(21)20-13-7-6-10-15-8-2-1-3-9-15/h1-6,8-12H,7,13-14H2,(H,20,21)/b10-6+. The average Bonchev–Trinajstić information content (AvgIpc) is 2.55. The summed E-state index contributed by atoms with van der Waals surface area (Å²) in [5.74, 6) is -0.654. The highest BCUT2D eigenvalue weighted by Crippen LogP contribution is 2.14. The number of carbonyl (C=O) groups excluding carboxylic acids is 1. The molecule has 2 aromatic rings. The summed E-state index contributed by atoms with van der Waals surface area (Å²) in [6, 6.07) is 15.9. The number of hydrogen-bond donors (Lipinski definition) is 1. The summed E-state index contributed by atoms with van der Waals surface area (Å²) in [6.07, 6.45) is 4.72. The molecule has 0 radical (unpaired) electrons. The van der Waals surface area contributed by atoms with Gasteiger partial charge in [0.15, 0.2) is 18.2 Å². The van der Waals surface area contributed by atoms with E-state index < -0.39 is 5.82 Å². The lowest BCUT2D eigenvalue weighted by molar-refractivity contribution is -0.123. The van der Waals surface area contributed by atoms with Crippen molar-refractivity contribution in [1.82, 2.24) is 5.32 Å². The Bertz CT molecular complexity index is 626. The van der Waals surface area contributed by atoms with Gasteiger partial charge in [-0.15, -0.1) is 0 Å². The number of amides is 1. The Labute approximate surface area is 129 Å². The van der Waals surface area contributed by atoms with Gasteiger partial charge in [-0.2, -0.15) is 0 Å². The third kappa shape index (κ3) is 5.40. The minimum Gasteiger partial charge on any atom is -0.481 e. The fourth-order valence-corrected chi connectivity index (χ4v) is 1.83. The Hall–Kier alpha value is -2.62. The topological polar surface area (TPSA) is 38.3 Å². The minimum atomic E-state index is -0.471. The van der Waals surface area contributed by atoms with Crippen molar-refractivity contribution >= 4 is 12.0 Å². The molecule has 1 amide bonds. The van der Waals surface area contributed by atoms with Crippen LogP contribution in [0.5, 0.6) is 5.75 Å². The Kier molecular flexibility index (Phi) is 6.18. The first-order valence-corrected chi connectivity index (χ1v) is 7.11. The van der Waals surface area contributed by atoms with Crippen molar-refractivity contribution in [1.29, 1.82) is 0 Å². The van der Waals surface area contributed by atoms with Gasteiger partial charge in [0.05, 0.1) is 0 Å². The third-order valence-corrected chi connectivity index (χ3v) is 2.94. The van der Waals surface area contributed by atoms with E-state index in [0.717, 1.165) is 12.0 Å². The normalized spacial score (nSPS) is 10.6. The lowest BCUT2D eigenvalue weighted by Gasteiger charge is -2.07. The molecule has 1 N–H and O–H groups in total. The minimum absolute atomic E-state index is 0.0848. The van der Waals surface area contributed by atoms with Crippen LogP contribution in [0.3, 0.4) is 0 Å². The highest BCUT2D eigenvalue weighted by molar-refractivity contribution is 5.77. The molecule has 0 aromatic heterocycles. The molecule has 0 saturated carbocycles. The smallest absolute Gasteiger partial charge is 0.257 e. The lowest BCUT2D eigenvalue weighted by atomic mass is 10.2. The Morgan fingerprint density at radius 1 is 1.09 bits per heavy atom. The molecule has 114 valence electrons. The molecular weight excluding hydrogens is 281 g/mol. The van der Waals surface area contributed by atoms with Crippen molar-refractivity contribution < 1.29 is 13.9 Å². The molecule has 0 aliphatic rings. The number of carbonyl (C=O) groups is 1. The molecule has 0 spiro atoms. The van der Waals surface area contributed by atoms with Crippen LogP contribution >= 0.6 is 0 Å². The van der Waals surface area contributed by atoms with Gasteiger partial charge in [0.2, 0.25) is 0 Å². The second-order valence-corrected chi connectivity index (χ2v) is 4.67. The van der Waals surface area contributed by atoms with Gasteiger partial charge < -0.3 is 10.1 Å². The molecule has 0 aliphatic heterocycles. The number of benzene rings is 2. The number of halogens is 1. The largest absolute Gasteiger partial charge is 0.481 e. The van der Waals surface area contributed by atoms with Crippen LogP contribution in [-0.2, 0) is 4.79 Å². The number of ether oxygens (including phenoxy) is 1. The van der Waals surface area contributed by atoms with Crippen LogP contribution in [0, 0.1) is 5.82 Å². The van der Waals surface area contributed by atoms with Crippen LogP contribution in [0.25, 0.3) is 6.08 Å². The lowest BCUT2D eigenvalue weighted by Crippen LogP contribution is -2.29. The molecule has 0 saturated heterocycles. The monoisotopic (exact) mass is 299 g/mol. The first kappa shape index (κ1) is 15.8. The van der Waals surface area contributed by atoms with E-state index in [2.05, 4.69) is 5.32 Å². The first-order chi connectivity index (χ1) is 10.8. The third-order valence-electron chi connectivity index (χ3n) is 2.94. The van der Waals surface area contributed by atoms with Crippen LogP contribution < -0.4 is 10.1 Å². The molecule has 0 aliphatic carbocycles. The molecule has 0 atom stereocenters. The number of para-hydroxylation sites is 1. The van der Waals surface area contributed by atoms with E-state index in [1.165, 1.54) is 12.1 Å². The first-order valence-electron chi connectivity index (χ1n) is 7.11. The molecule has 2 rings (SSSR count). The molecule has 0 heterocycles. The Morgan fingerprint density at radius 3 is 2.59 bits per heavy atom. The van der Waals surface area contributed by atoms with Gasteiger partial charge in [-0.25, -0.2) is 4.39 Å². The van der Waals surface area contributed by atoms with E-state index in [-0.39, 0.29) is 18.3 Å². The van der Waals surface area contributed by atoms with Gasteiger partial charge in [0, 0.05) is 6.54 Å². The van der Waals surface area contributed by atoms with Crippen molar-refractivity contribution in [2.45, 2.75) is 6.42 Å². The van der Waals surface area contributed by atoms with Gasteiger partial charge in [-0.3, -0.25) is 4.79 Å². The van der Waals surface area contributed by atoms with Gasteiger partial charge in [0.1, 0.15) is 0 Å². The van der Waals surface area contributed by atoms with E-state index >= 15 is 0 Å². The van der Waals surface area contributed by atoms with E-state index in [4.69, 9.17) is 4.74 Å². The predicted molar refractivity (Wildman–Crippen MR) is 85.0 cm³/mol. The Balaban J connectivity index is 1.64. The molecule has 0 unspecified atom stereocenters. The molecule has 3 nitrogen and oxygen atoms in total. The number of hydrogen-bond acceptors (Lipinski definition) is 2. The summed E-state index contributed by atoms with van der Waals surface area (Å²) in [5.41, 5.74) is 1.12. The van der Waals surface area contributed by atoms with Crippen LogP contribution in [0.2, 0.25) is 0 Å². The fraction of sp³-hybridized carbons (Fsp3) is 0.167. The van der Waals surface area contributed by atoms with E-state index in [9.17, 15) is 9.18 Å². The molecule has 0 bridgehead atoms. The Morgan fingerprint density at radius 2 is 1.82 bits per heavy atom. The predicted octanol–water partition coefficient (Wildman–Crippen LogP) is 3.42. The maximum Gasteiger partial charge on any atom is 0.257 e. The quantitative estimate of drug-likeness (QED) is 0.796. The van der Waals surface area contributed by atoms with E-state index in [1.807, 2.05) is 42.5 Å². The zero-order valence-electron chi connectivity index (χ0n) is 12.2. The summed E-state index contributed by atoms with van der Waals surface area (Å²) in [4.78, 5) is 11.6. The van der Waals surface area contributed by atoms with Gasteiger partial charge in [0.25, 0.3) is 5.91 Å². The second kappa shape index (κ2) is 8.62. The van der Waals surface area contributed by atoms with Crippen LogP contribution in [0.15, 0.2) is 60.7 Å². The second-order valence-electron chi connectivity index (χ2n) is 4.67. The molecule has 2 aromatic carbocycles. The molecule has 22 heavy (non-hydrogen) atoms. The van der Waals surface area contributed by atoms with Gasteiger partial charge >= 0.3 is 0 Å². The highest BCUT2D eigenvalue weighted by atomic mass is 19.1. The SMILES string of the molecule is O=C(COc1ccccc1F)NCC/C=C/c1ccccc1. The van der Waals surface area contributed by atoms with Crippen molar-refractivity contribution in [3.8, 4) is 5.75 Å². The summed E-state index contributed by atoms with van der Waals surface area (Å²) in [6.45, 7) is 0.326. The molecule has 0 fully saturated rings. The maximum atomic E-state index is 13.3. The van der Waals surface area contributed by atoms with Crippen molar-refractivity contribution in [3.05, 3.63) is 72.1 Å². The zero-order chi connectivity index (χ0) is 15.6. The summed E-state index contributed by atoms with van der Waals surface area (Å²) >= 11 is 0. The van der Waals surface area contributed by atoms with Crippen LogP contribution in [-0.4, -0.2) is 19.1 Å². The van der Waals surface area contributed by atoms with Crippen LogP contribution in [0.4, 0.5) is 4.39 Å². The summed E-state index contributed by atoms with van der Waals surface area (Å²) in [7, 11) is 0. The summed E-state index contributed by atoms with van der Waals surface area (Å²) in [5, 5.41) is 2.72. The van der Waals surface area contributed by atoms with E-state index in [1.54, 1.807) is 12.1 Å². The van der Waals surface area contributed by atoms with Crippen molar-refractivity contribution in [2.24, 2.45) is 0 Å². The van der Waals surface area contributed by atoms with Gasteiger partial charge in [-0.05, 0) is 24.1 Å². The summed E-state index contributed by atoms with van der Waals surface area (Å²) < 4.78 is 18.4. The van der Waals surface area contributed by atoms with E-state index in [0.29, 0.717) is 6.54 Å². The zero-order valence-corrected chi connectivity index (χ0v) is 12.2. The van der Waals surface area contributed by atoms with Crippen LogP contribution in [0.1, 0.15) is 12.0 Å². The highest BCUT2D eigenvalue weighted by Gasteiger charge is 2.05. The fourth-order valence-electron chi connectivity index (χ4n) is 1.83. The van der Waals surface area contributed by atoms with Crippen molar-refractivity contribution in [3.63, 3.8) is 0 Å². The number of rotatable bonds is 7. The average molecular weight is 299 g/mol. The maximum absolute atomic E-state index is 13.3. The molecular formula is C18H18FNO2. The van der Waals surface area contributed by atoms with Crippen molar-refractivity contribution in [2.75, 3.05) is 13.2 Å².